The molecule has 1 aliphatic heterocycles. The van der Waals surface area contributed by atoms with Crippen LogP contribution in [-0.2, 0) is 10.9 Å². The highest BCUT2D eigenvalue weighted by atomic mass is 35.5. The lowest BCUT2D eigenvalue weighted by Crippen LogP contribution is -2.31. The molecule has 0 spiro atoms. The highest BCUT2D eigenvalue weighted by Crippen LogP contribution is 2.34. The van der Waals surface area contributed by atoms with Crippen LogP contribution in [0.3, 0.4) is 0 Å². The number of hydrogen-bond donors (Lipinski definition) is 0. The lowest BCUT2D eigenvalue weighted by atomic mass is 10.2. The summed E-state index contributed by atoms with van der Waals surface area (Å²) in [6.45, 7) is 3.85. The number of rotatable bonds is 1. The van der Waals surface area contributed by atoms with E-state index in [4.69, 9.17) is 16.3 Å². The monoisotopic (exact) mass is 294 g/mol. The van der Waals surface area contributed by atoms with E-state index in [1.807, 2.05) is 11.8 Å². The van der Waals surface area contributed by atoms with E-state index >= 15 is 0 Å². The molecule has 1 atom stereocenters. The van der Waals surface area contributed by atoms with E-state index in [0.717, 1.165) is 12.5 Å². The molecule has 7 heteroatoms. The van der Waals surface area contributed by atoms with Gasteiger partial charge < -0.3 is 9.64 Å². The fraction of sp³-hybridized carbons (Fsp3) is 0.583. The minimum atomic E-state index is -4.47. The van der Waals surface area contributed by atoms with Crippen LogP contribution < -0.4 is 4.90 Å². The molecule has 106 valence electrons. The van der Waals surface area contributed by atoms with Crippen molar-refractivity contribution >= 4 is 17.4 Å². The van der Waals surface area contributed by atoms with Gasteiger partial charge in [0.2, 0.25) is 0 Å². The van der Waals surface area contributed by atoms with Crippen molar-refractivity contribution in [3.8, 4) is 0 Å². The van der Waals surface area contributed by atoms with Gasteiger partial charge in [0.15, 0.2) is 0 Å². The van der Waals surface area contributed by atoms with E-state index < -0.39 is 16.9 Å². The largest absolute Gasteiger partial charge is 0.419 e. The van der Waals surface area contributed by atoms with Gasteiger partial charge >= 0.3 is 6.18 Å². The fourth-order valence-corrected chi connectivity index (χ4v) is 2.27. The number of aromatic nitrogens is 1. The number of alkyl halides is 3. The zero-order chi connectivity index (χ0) is 14.0. The van der Waals surface area contributed by atoms with E-state index in [1.54, 1.807) is 0 Å². The van der Waals surface area contributed by atoms with E-state index in [1.165, 1.54) is 6.07 Å². The van der Waals surface area contributed by atoms with E-state index in [9.17, 15) is 13.2 Å². The van der Waals surface area contributed by atoms with Gasteiger partial charge in [-0.25, -0.2) is 4.98 Å². The number of pyridine rings is 1. The summed E-state index contributed by atoms with van der Waals surface area (Å²) < 4.78 is 43.3. The van der Waals surface area contributed by atoms with Crippen LogP contribution in [0, 0.1) is 0 Å². The summed E-state index contributed by atoms with van der Waals surface area (Å²) in [5, 5.41) is -0.511. The first-order chi connectivity index (χ1) is 8.88. The lowest BCUT2D eigenvalue weighted by molar-refractivity contribution is -0.137. The maximum Gasteiger partial charge on any atom is 0.419 e. The molecule has 0 bridgehead atoms. The third-order valence-electron chi connectivity index (χ3n) is 2.92. The van der Waals surface area contributed by atoms with E-state index in [2.05, 4.69) is 4.98 Å². The first-order valence-electron chi connectivity index (χ1n) is 5.98. The molecule has 1 unspecified atom stereocenters. The van der Waals surface area contributed by atoms with Crippen LogP contribution in [0.5, 0.6) is 0 Å². The Hall–Kier alpha value is -1.01. The predicted molar refractivity (Wildman–Crippen MR) is 66.5 cm³/mol. The highest BCUT2D eigenvalue weighted by Gasteiger charge is 2.34. The predicted octanol–water partition coefficient (Wildman–Crippen LogP) is 3.37. The zero-order valence-electron chi connectivity index (χ0n) is 10.4. The summed E-state index contributed by atoms with van der Waals surface area (Å²) in [5.74, 6) is 0.454. The van der Waals surface area contributed by atoms with Crippen LogP contribution >= 0.6 is 11.6 Å². The van der Waals surface area contributed by atoms with Crippen molar-refractivity contribution in [2.24, 2.45) is 0 Å². The van der Waals surface area contributed by atoms with Crippen LogP contribution in [0.15, 0.2) is 12.1 Å². The summed E-state index contributed by atoms with van der Waals surface area (Å²) >= 11 is 5.62. The Labute approximate surface area is 114 Å². The molecule has 19 heavy (non-hydrogen) atoms. The highest BCUT2D eigenvalue weighted by molar-refractivity contribution is 6.30. The van der Waals surface area contributed by atoms with Gasteiger partial charge in [-0.1, -0.05) is 11.6 Å². The molecular weight excluding hydrogens is 281 g/mol. The Kier molecular flexibility index (Phi) is 4.20. The molecule has 0 N–H and O–H groups in total. The van der Waals surface area contributed by atoms with Crippen LogP contribution in [0.2, 0.25) is 5.15 Å². The number of hydrogen-bond acceptors (Lipinski definition) is 3. The molecule has 1 fully saturated rings. The van der Waals surface area contributed by atoms with E-state index in [-0.39, 0.29) is 6.10 Å². The number of anilines is 1. The van der Waals surface area contributed by atoms with Crippen molar-refractivity contribution < 1.29 is 17.9 Å². The van der Waals surface area contributed by atoms with Gasteiger partial charge in [-0.15, -0.1) is 0 Å². The van der Waals surface area contributed by atoms with Gasteiger partial charge in [-0.2, -0.15) is 13.2 Å². The van der Waals surface area contributed by atoms with Gasteiger partial charge in [0.25, 0.3) is 0 Å². The summed E-state index contributed by atoms with van der Waals surface area (Å²) in [5.41, 5.74) is -0.906. The Morgan fingerprint density at radius 3 is 2.79 bits per heavy atom. The Morgan fingerprint density at radius 2 is 2.16 bits per heavy atom. The SMILES string of the molecule is CC1CN(c2ccc(C(F)(F)F)c(Cl)n2)CCCO1. The molecule has 0 radical (unpaired) electrons. The molecule has 1 aromatic heterocycles. The van der Waals surface area contributed by atoms with Gasteiger partial charge in [0, 0.05) is 19.7 Å². The Morgan fingerprint density at radius 1 is 1.42 bits per heavy atom. The molecule has 1 aliphatic rings. The smallest absolute Gasteiger partial charge is 0.377 e. The molecule has 2 rings (SSSR count). The normalized spacial score (nSPS) is 21.3. The zero-order valence-corrected chi connectivity index (χ0v) is 11.1. The second-order valence-corrected chi connectivity index (χ2v) is 4.84. The number of nitrogens with zero attached hydrogens (tertiary/aromatic N) is 2. The third kappa shape index (κ3) is 3.51. The molecule has 0 aliphatic carbocycles. The molecule has 2 heterocycles. The third-order valence-corrected chi connectivity index (χ3v) is 3.20. The quantitative estimate of drug-likeness (QED) is 0.743. The fourth-order valence-electron chi connectivity index (χ4n) is 2.01. The summed E-state index contributed by atoms with van der Waals surface area (Å²) in [6, 6.07) is 2.33. The van der Waals surface area contributed by atoms with Crippen molar-refractivity contribution in [2.45, 2.75) is 25.6 Å². The van der Waals surface area contributed by atoms with Crippen molar-refractivity contribution in [2.75, 3.05) is 24.6 Å². The molecule has 0 saturated carbocycles. The second kappa shape index (κ2) is 5.54. The van der Waals surface area contributed by atoms with Crippen molar-refractivity contribution in [3.05, 3.63) is 22.8 Å². The van der Waals surface area contributed by atoms with Crippen molar-refractivity contribution in [1.29, 1.82) is 0 Å². The molecule has 0 amide bonds. The minimum absolute atomic E-state index is 0.0189. The molecular formula is C12H14ClF3N2O. The minimum Gasteiger partial charge on any atom is -0.377 e. The molecule has 3 nitrogen and oxygen atoms in total. The average Bonchev–Trinajstić information content (AvgIpc) is 2.52. The number of halogens is 4. The van der Waals surface area contributed by atoms with Gasteiger partial charge in [0.1, 0.15) is 11.0 Å². The van der Waals surface area contributed by atoms with Crippen LogP contribution in [-0.4, -0.2) is 30.8 Å². The van der Waals surface area contributed by atoms with E-state index in [0.29, 0.717) is 25.5 Å². The standard InChI is InChI=1S/C12H14ClF3N2O/c1-8-7-18(5-2-6-19-8)10-4-3-9(11(13)17-10)12(14,15)16/h3-4,8H,2,5-7H2,1H3. The van der Waals surface area contributed by atoms with Crippen molar-refractivity contribution in [3.63, 3.8) is 0 Å². The first-order valence-corrected chi connectivity index (χ1v) is 6.36. The topological polar surface area (TPSA) is 25.4 Å². The molecule has 1 aromatic rings. The maximum absolute atomic E-state index is 12.6. The summed E-state index contributed by atoms with van der Waals surface area (Å²) in [7, 11) is 0. The summed E-state index contributed by atoms with van der Waals surface area (Å²) in [4.78, 5) is 5.75. The van der Waals surface area contributed by atoms with Gasteiger partial charge in [0.05, 0.1) is 11.7 Å². The Balaban J connectivity index is 2.24. The van der Waals surface area contributed by atoms with Gasteiger partial charge in [-0.05, 0) is 25.5 Å². The second-order valence-electron chi connectivity index (χ2n) is 4.49. The molecule has 0 aromatic carbocycles. The molecule has 1 saturated heterocycles. The summed E-state index contributed by atoms with van der Waals surface area (Å²) in [6.07, 6.45) is -3.65. The average molecular weight is 295 g/mol. The van der Waals surface area contributed by atoms with Crippen LogP contribution in [0.1, 0.15) is 18.9 Å². The maximum atomic E-state index is 12.6. The van der Waals surface area contributed by atoms with Crippen LogP contribution in [0.25, 0.3) is 0 Å². The Bertz CT molecular complexity index is 453. The number of ether oxygens (including phenoxy) is 1. The van der Waals surface area contributed by atoms with Gasteiger partial charge in [-0.3, -0.25) is 0 Å². The van der Waals surface area contributed by atoms with Crippen molar-refractivity contribution in [1.82, 2.24) is 4.98 Å². The lowest BCUT2D eigenvalue weighted by Gasteiger charge is -2.23. The van der Waals surface area contributed by atoms with Crippen LogP contribution in [0.4, 0.5) is 19.0 Å². The first kappa shape index (κ1) is 14.4.